The first kappa shape index (κ1) is 15.9. The van der Waals surface area contributed by atoms with Gasteiger partial charge in [-0.15, -0.1) is 0 Å². The Bertz CT molecular complexity index is 190. The minimum absolute atomic E-state index is 1.22. The summed E-state index contributed by atoms with van der Waals surface area (Å²) >= 11 is -2.20. The number of rotatable bonds is 10. The van der Waals surface area contributed by atoms with E-state index in [2.05, 4.69) is 24.7 Å². The Morgan fingerprint density at radius 2 is 1.25 bits per heavy atom. The van der Waals surface area contributed by atoms with E-state index in [1.807, 2.05) is 6.08 Å². The molecule has 0 N–H and O–H groups in total. The molecule has 0 rings (SSSR count). The van der Waals surface area contributed by atoms with Crippen molar-refractivity contribution in [3.63, 3.8) is 0 Å². The molecule has 94 valence electrons. The SMILES string of the molecule is CCC[CH2][Ge]([CH2]CCC)([CH2]CCC)[N]=C=O. The monoisotopic (exact) mass is 287 g/mol. The molecule has 3 heteroatoms. The fourth-order valence-corrected chi connectivity index (χ4v) is 11.2. The molecule has 0 fully saturated rings. The quantitative estimate of drug-likeness (QED) is 0.326. The molecule has 0 aromatic rings. The van der Waals surface area contributed by atoms with E-state index in [1.165, 1.54) is 54.3 Å². The summed E-state index contributed by atoms with van der Waals surface area (Å²) in [6, 6.07) is 0. The maximum atomic E-state index is 10.7. The first-order valence-corrected chi connectivity index (χ1v) is 12.2. The molecule has 0 radical (unpaired) electrons. The Kier molecular flexibility index (Phi) is 10.1. The second-order valence-corrected chi connectivity index (χ2v) is 13.5. The van der Waals surface area contributed by atoms with Gasteiger partial charge in [0, 0.05) is 0 Å². The molecule has 0 heterocycles. The van der Waals surface area contributed by atoms with Crippen LogP contribution in [0.15, 0.2) is 3.95 Å². The Morgan fingerprint density at radius 3 is 1.50 bits per heavy atom. The van der Waals surface area contributed by atoms with E-state index in [1.54, 1.807) is 0 Å². The fourth-order valence-electron chi connectivity index (χ4n) is 2.16. The zero-order valence-electron chi connectivity index (χ0n) is 11.2. The number of hydrogen-bond acceptors (Lipinski definition) is 2. The summed E-state index contributed by atoms with van der Waals surface area (Å²) in [5.41, 5.74) is 0. The van der Waals surface area contributed by atoms with Crippen LogP contribution in [-0.4, -0.2) is 19.6 Å². The number of carbonyl (C=O) groups excluding carboxylic acids is 1. The molecule has 0 aromatic carbocycles. The third-order valence-electron chi connectivity index (χ3n) is 3.27. The van der Waals surface area contributed by atoms with Crippen LogP contribution < -0.4 is 0 Å². The molecular weight excluding hydrogens is 259 g/mol. The van der Waals surface area contributed by atoms with Gasteiger partial charge in [-0.25, -0.2) is 0 Å². The minimum atomic E-state index is -2.20. The second kappa shape index (κ2) is 10.1. The van der Waals surface area contributed by atoms with Gasteiger partial charge in [0.15, 0.2) is 0 Å². The van der Waals surface area contributed by atoms with Crippen molar-refractivity contribution in [1.82, 2.24) is 0 Å². The average Bonchev–Trinajstić information content (AvgIpc) is 2.31. The molecule has 0 spiro atoms. The van der Waals surface area contributed by atoms with Crippen LogP contribution in [0.1, 0.15) is 59.3 Å². The van der Waals surface area contributed by atoms with Crippen molar-refractivity contribution in [2.45, 2.75) is 75.1 Å². The number of hydrogen-bond donors (Lipinski definition) is 0. The first-order chi connectivity index (χ1) is 7.74. The maximum absolute atomic E-state index is 10.7. The summed E-state index contributed by atoms with van der Waals surface area (Å²) in [5, 5.41) is 3.73. The van der Waals surface area contributed by atoms with Gasteiger partial charge in [0.05, 0.1) is 0 Å². The molecule has 16 heavy (non-hydrogen) atoms. The summed E-state index contributed by atoms with van der Waals surface area (Å²) in [5.74, 6) is 0. The molecular formula is C13H27GeNO. The van der Waals surface area contributed by atoms with Crippen molar-refractivity contribution >= 4 is 19.6 Å². The Morgan fingerprint density at radius 1 is 0.875 bits per heavy atom. The predicted octanol–water partition coefficient (Wildman–Crippen LogP) is 4.67. The van der Waals surface area contributed by atoms with Gasteiger partial charge in [-0.3, -0.25) is 0 Å². The summed E-state index contributed by atoms with van der Waals surface area (Å²) in [7, 11) is 0. The Balaban J connectivity index is 4.51. The van der Waals surface area contributed by atoms with E-state index >= 15 is 0 Å². The predicted molar refractivity (Wildman–Crippen MR) is 73.0 cm³/mol. The van der Waals surface area contributed by atoms with E-state index in [9.17, 15) is 4.79 Å². The van der Waals surface area contributed by atoms with Crippen LogP contribution >= 0.6 is 0 Å². The third kappa shape index (κ3) is 6.49. The summed E-state index contributed by atoms with van der Waals surface area (Å²) < 4.78 is 4.35. The van der Waals surface area contributed by atoms with Crippen LogP contribution in [0.25, 0.3) is 0 Å². The standard InChI is InChI=1S/C13H27GeNO/c1-4-7-10-14(15-13-16,11-8-5-2)12-9-6-3/h4-12H2,1-3H3. The van der Waals surface area contributed by atoms with E-state index in [-0.39, 0.29) is 0 Å². The van der Waals surface area contributed by atoms with Gasteiger partial charge >= 0.3 is 103 Å². The molecule has 0 amide bonds. The molecule has 0 unspecified atom stereocenters. The van der Waals surface area contributed by atoms with Crippen molar-refractivity contribution in [1.29, 1.82) is 0 Å². The van der Waals surface area contributed by atoms with Gasteiger partial charge in [0.25, 0.3) is 0 Å². The molecule has 0 atom stereocenters. The van der Waals surface area contributed by atoms with Crippen LogP contribution in [-0.2, 0) is 4.79 Å². The van der Waals surface area contributed by atoms with Crippen LogP contribution in [0, 0.1) is 0 Å². The van der Waals surface area contributed by atoms with E-state index in [0.29, 0.717) is 0 Å². The van der Waals surface area contributed by atoms with Crippen molar-refractivity contribution < 1.29 is 4.79 Å². The van der Waals surface area contributed by atoms with Crippen molar-refractivity contribution in [2.24, 2.45) is 3.95 Å². The summed E-state index contributed by atoms with van der Waals surface area (Å²) in [4.78, 5) is 10.7. The summed E-state index contributed by atoms with van der Waals surface area (Å²) in [6.07, 6.45) is 9.31. The van der Waals surface area contributed by atoms with Crippen LogP contribution in [0.4, 0.5) is 0 Å². The molecule has 0 bridgehead atoms. The summed E-state index contributed by atoms with van der Waals surface area (Å²) in [6.45, 7) is 6.66. The molecule has 0 saturated heterocycles. The number of nitrogens with zero attached hydrogens (tertiary/aromatic N) is 1. The van der Waals surface area contributed by atoms with Gasteiger partial charge in [-0.2, -0.15) is 0 Å². The van der Waals surface area contributed by atoms with E-state index < -0.39 is 13.5 Å². The van der Waals surface area contributed by atoms with Gasteiger partial charge in [-0.1, -0.05) is 0 Å². The molecule has 0 saturated carbocycles. The fraction of sp³-hybridized carbons (Fsp3) is 0.923. The number of unbranched alkanes of at least 4 members (excludes halogenated alkanes) is 3. The van der Waals surface area contributed by atoms with Gasteiger partial charge < -0.3 is 0 Å². The van der Waals surface area contributed by atoms with Crippen LogP contribution in [0.2, 0.25) is 15.8 Å². The Labute approximate surface area is 104 Å². The van der Waals surface area contributed by atoms with Crippen molar-refractivity contribution in [2.75, 3.05) is 0 Å². The molecule has 0 aliphatic rings. The normalized spacial score (nSPS) is 11.2. The molecule has 0 aromatic heterocycles. The van der Waals surface area contributed by atoms with Crippen LogP contribution in [0.3, 0.4) is 0 Å². The van der Waals surface area contributed by atoms with E-state index in [0.717, 1.165) is 0 Å². The second-order valence-electron chi connectivity index (χ2n) is 4.74. The van der Waals surface area contributed by atoms with Gasteiger partial charge in [0.2, 0.25) is 0 Å². The zero-order chi connectivity index (χ0) is 12.3. The zero-order valence-corrected chi connectivity index (χ0v) is 13.3. The Hall–Kier alpha value is -0.0771. The topological polar surface area (TPSA) is 29.4 Å². The molecule has 0 aliphatic carbocycles. The third-order valence-corrected chi connectivity index (χ3v) is 12.5. The van der Waals surface area contributed by atoms with E-state index in [4.69, 9.17) is 0 Å². The first-order valence-electron chi connectivity index (χ1n) is 6.83. The van der Waals surface area contributed by atoms with Gasteiger partial charge in [0.1, 0.15) is 0 Å². The van der Waals surface area contributed by atoms with Crippen molar-refractivity contribution in [3.05, 3.63) is 0 Å². The van der Waals surface area contributed by atoms with Crippen LogP contribution in [0.5, 0.6) is 0 Å². The molecule has 0 aliphatic heterocycles. The van der Waals surface area contributed by atoms with Crippen molar-refractivity contribution in [3.8, 4) is 0 Å². The molecule has 2 nitrogen and oxygen atoms in total. The average molecular weight is 286 g/mol. The van der Waals surface area contributed by atoms with Gasteiger partial charge in [-0.05, 0) is 0 Å². The number of isocyanates is 1.